The molecule has 11 aromatic rings. The number of nitrogens with zero attached hydrogens (tertiary/aromatic N) is 3. The van der Waals surface area contributed by atoms with Gasteiger partial charge in [0.15, 0.2) is 0 Å². The molecule has 0 radical (unpaired) electrons. The number of fused-ring (bicyclic) bond motifs is 10. The number of aromatic nitrogens is 3. The molecule has 228 valence electrons. The second kappa shape index (κ2) is 10.1. The first-order chi connectivity index (χ1) is 24.3. The van der Waals surface area contributed by atoms with Crippen LogP contribution in [0, 0.1) is 0 Å². The van der Waals surface area contributed by atoms with E-state index in [1.807, 2.05) is 12.1 Å². The van der Waals surface area contributed by atoms with Crippen LogP contribution < -0.4 is 0 Å². The quantitative estimate of drug-likeness (QED) is 0.192. The molecule has 0 aliphatic carbocycles. The van der Waals surface area contributed by atoms with E-state index < -0.39 is 0 Å². The molecule has 0 aliphatic rings. The van der Waals surface area contributed by atoms with Gasteiger partial charge in [0.2, 0.25) is 5.95 Å². The Morgan fingerprint density at radius 2 is 1.14 bits per heavy atom. The van der Waals surface area contributed by atoms with Gasteiger partial charge in [-0.15, -0.1) is 11.3 Å². The van der Waals surface area contributed by atoms with E-state index in [2.05, 4.69) is 144 Å². The summed E-state index contributed by atoms with van der Waals surface area (Å²) in [6.07, 6.45) is 0. The zero-order valence-corrected chi connectivity index (χ0v) is 26.9. The lowest BCUT2D eigenvalue weighted by Gasteiger charge is -2.11. The van der Waals surface area contributed by atoms with E-state index in [1.165, 1.54) is 20.9 Å². The molecule has 0 saturated carbocycles. The minimum Gasteiger partial charge on any atom is -0.456 e. The largest absolute Gasteiger partial charge is 0.456 e. The van der Waals surface area contributed by atoms with E-state index in [-0.39, 0.29) is 0 Å². The van der Waals surface area contributed by atoms with Crippen molar-refractivity contribution >= 4 is 86.2 Å². The molecule has 0 N–H and O–H groups in total. The van der Waals surface area contributed by atoms with E-state index in [1.54, 1.807) is 11.3 Å². The second-order valence-electron chi connectivity index (χ2n) is 12.6. The maximum atomic E-state index is 6.12. The van der Waals surface area contributed by atoms with Crippen molar-refractivity contribution in [3.8, 4) is 28.3 Å². The second-order valence-corrected chi connectivity index (χ2v) is 13.7. The summed E-state index contributed by atoms with van der Waals surface area (Å²) in [6.45, 7) is 0. The summed E-state index contributed by atoms with van der Waals surface area (Å²) < 4.78 is 10.7. The molecule has 0 amide bonds. The smallest absolute Gasteiger partial charge is 0.235 e. The van der Waals surface area contributed by atoms with E-state index >= 15 is 0 Å². The van der Waals surface area contributed by atoms with Gasteiger partial charge in [-0.3, -0.25) is 4.57 Å². The van der Waals surface area contributed by atoms with Gasteiger partial charge in [0, 0.05) is 37.2 Å². The van der Waals surface area contributed by atoms with Crippen molar-refractivity contribution in [3.63, 3.8) is 0 Å². The summed E-state index contributed by atoms with van der Waals surface area (Å²) in [7, 11) is 0. The van der Waals surface area contributed by atoms with Crippen LogP contribution in [0.15, 0.2) is 156 Å². The van der Waals surface area contributed by atoms with Crippen LogP contribution >= 0.6 is 11.3 Å². The number of benzene rings is 7. The van der Waals surface area contributed by atoms with E-state index in [0.29, 0.717) is 5.95 Å². The van der Waals surface area contributed by atoms with Gasteiger partial charge in [-0.25, -0.2) is 9.97 Å². The fourth-order valence-corrected chi connectivity index (χ4v) is 8.64. The molecule has 0 unspecified atom stereocenters. The van der Waals surface area contributed by atoms with Gasteiger partial charge in [-0.05, 0) is 70.4 Å². The van der Waals surface area contributed by atoms with Gasteiger partial charge in [0.25, 0.3) is 0 Å². The van der Waals surface area contributed by atoms with Crippen LogP contribution in [0.1, 0.15) is 0 Å². The van der Waals surface area contributed by atoms with Gasteiger partial charge >= 0.3 is 0 Å². The van der Waals surface area contributed by atoms with Gasteiger partial charge < -0.3 is 4.42 Å². The number of furan rings is 1. The summed E-state index contributed by atoms with van der Waals surface area (Å²) in [5.41, 5.74) is 9.29. The lowest BCUT2D eigenvalue weighted by molar-refractivity contribution is 0.669. The number of rotatable bonds is 3. The third kappa shape index (κ3) is 3.97. The fraction of sp³-hybridized carbons (Fsp3) is 0. The highest BCUT2D eigenvalue weighted by Gasteiger charge is 2.20. The molecule has 0 fully saturated rings. The normalized spacial score (nSPS) is 12.1. The molecule has 0 atom stereocenters. The topological polar surface area (TPSA) is 43.9 Å². The van der Waals surface area contributed by atoms with Gasteiger partial charge in [-0.2, -0.15) is 0 Å². The number of para-hydroxylation sites is 2. The van der Waals surface area contributed by atoms with Crippen molar-refractivity contribution in [2.75, 3.05) is 0 Å². The van der Waals surface area contributed by atoms with Crippen LogP contribution in [0.3, 0.4) is 0 Å². The third-order valence-electron chi connectivity index (χ3n) is 9.81. The van der Waals surface area contributed by atoms with Crippen molar-refractivity contribution in [1.29, 1.82) is 0 Å². The minimum absolute atomic E-state index is 0.671. The molecule has 11 rings (SSSR count). The summed E-state index contributed by atoms with van der Waals surface area (Å²) in [6, 6.07) is 53.7. The van der Waals surface area contributed by atoms with Crippen LogP contribution in [-0.2, 0) is 0 Å². The maximum absolute atomic E-state index is 6.12. The van der Waals surface area contributed by atoms with Crippen LogP contribution in [0.2, 0.25) is 0 Å². The van der Waals surface area contributed by atoms with Crippen molar-refractivity contribution in [3.05, 3.63) is 152 Å². The van der Waals surface area contributed by atoms with Crippen molar-refractivity contribution in [1.82, 2.24) is 14.5 Å². The SMILES string of the molecule is c1ccc2cc(-c3nc(-n4c5ccccc5c5cc(-c6ccc7oc8ccccc8c7c6)ccc54)nc4c3sc3ccccc34)ccc2c1. The van der Waals surface area contributed by atoms with Crippen molar-refractivity contribution in [2.24, 2.45) is 0 Å². The highest BCUT2D eigenvalue weighted by molar-refractivity contribution is 7.26. The minimum atomic E-state index is 0.671. The zero-order chi connectivity index (χ0) is 32.1. The number of thiophene rings is 1. The molecule has 4 nitrogen and oxygen atoms in total. The molecule has 0 aliphatic heterocycles. The number of hydrogen-bond acceptors (Lipinski definition) is 4. The van der Waals surface area contributed by atoms with Crippen LogP contribution in [0.25, 0.3) is 103 Å². The van der Waals surface area contributed by atoms with Gasteiger partial charge in [-0.1, -0.05) is 103 Å². The van der Waals surface area contributed by atoms with E-state index in [0.717, 1.165) is 76.3 Å². The molecule has 49 heavy (non-hydrogen) atoms. The van der Waals surface area contributed by atoms with Gasteiger partial charge in [0.1, 0.15) is 11.2 Å². The van der Waals surface area contributed by atoms with Crippen LogP contribution in [-0.4, -0.2) is 14.5 Å². The monoisotopic (exact) mass is 643 g/mol. The van der Waals surface area contributed by atoms with Crippen molar-refractivity contribution in [2.45, 2.75) is 0 Å². The average Bonchev–Trinajstić information content (AvgIpc) is 3.83. The molecular formula is C44H25N3OS. The Kier molecular flexibility index (Phi) is 5.51. The van der Waals surface area contributed by atoms with Gasteiger partial charge in [0.05, 0.1) is 26.9 Å². The lowest BCUT2D eigenvalue weighted by Crippen LogP contribution is -2.02. The summed E-state index contributed by atoms with van der Waals surface area (Å²) in [5, 5.41) is 8.15. The van der Waals surface area contributed by atoms with E-state index in [4.69, 9.17) is 14.4 Å². The average molecular weight is 644 g/mol. The molecular weight excluding hydrogens is 619 g/mol. The fourth-order valence-electron chi connectivity index (χ4n) is 7.48. The lowest BCUT2D eigenvalue weighted by atomic mass is 10.0. The first-order valence-corrected chi connectivity index (χ1v) is 17.2. The van der Waals surface area contributed by atoms with Crippen molar-refractivity contribution < 1.29 is 4.42 Å². The highest BCUT2D eigenvalue weighted by atomic mass is 32.1. The predicted octanol–water partition coefficient (Wildman–Crippen LogP) is 12.3. The van der Waals surface area contributed by atoms with Crippen LogP contribution in [0.5, 0.6) is 0 Å². The molecule has 4 heterocycles. The number of hydrogen-bond donors (Lipinski definition) is 0. The summed E-state index contributed by atoms with van der Waals surface area (Å²) in [5.74, 6) is 0.671. The summed E-state index contributed by atoms with van der Waals surface area (Å²) >= 11 is 1.76. The molecule has 7 aromatic carbocycles. The van der Waals surface area contributed by atoms with E-state index in [9.17, 15) is 0 Å². The molecule has 4 aromatic heterocycles. The Morgan fingerprint density at radius 3 is 2.06 bits per heavy atom. The Labute approximate surface area is 284 Å². The standard InChI is InChI=1S/C44H25N3OS/c1-2-10-27-23-30(18-17-26(27)9-1)41-43-42(33-13-5-8-16-40(33)49-43)46-44(45-41)47-36-14-6-3-11-31(36)34-24-28(19-21-37(34)47)29-20-22-39-35(25-29)32-12-4-7-15-38(32)48-39/h1-25H. The third-order valence-corrected chi connectivity index (χ3v) is 11.0. The summed E-state index contributed by atoms with van der Waals surface area (Å²) in [4.78, 5) is 10.7. The predicted molar refractivity (Wildman–Crippen MR) is 205 cm³/mol. The first kappa shape index (κ1) is 26.7. The molecule has 0 bridgehead atoms. The maximum Gasteiger partial charge on any atom is 0.235 e. The highest BCUT2D eigenvalue weighted by Crippen LogP contribution is 2.41. The first-order valence-electron chi connectivity index (χ1n) is 16.4. The molecule has 0 spiro atoms. The Hall–Kier alpha value is -6.30. The zero-order valence-electron chi connectivity index (χ0n) is 26.1. The Bertz CT molecular complexity index is 3130. The molecule has 0 saturated heterocycles. The molecule has 5 heteroatoms. The Balaban J connectivity index is 1.16. The Morgan fingerprint density at radius 1 is 0.469 bits per heavy atom. The van der Waals surface area contributed by atoms with Crippen LogP contribution in [0.4, 0.5) is 0 Å².